The molecular weight excluding hydrogens is 251 g/mol. The van der Waals surface area contributed by atoms with Crippen LogP contribution in [0.1, 0.15) is 30.0 Å². The van der Waals surface area contributed by atoms with Crippen molar-refractivity contribution in [3.63, 3.8) is 0 Å². The van der Waals surface area contributed by atoms with Crippen molar-refractivity contribution in [2.24, 2.45) is 0 Å². The highest BCUT2D eigenvalue weighted by molar-refractivity contribution is 5.54. The fourth-order valence-electron chi connectivity index (χ4n) is 2.89. The zero-order chi connectivity index (χ0) is 13.9. The Morgan fingerprint density at radius 3 is 2.65 bits per heavy atom. The molecule has 1 aliphatic heterocycles. The Labute approximate surface area is 118 Å². The van der Waals surface area contributed by atoms with Crippen molar-refractivity contribution >= 4 is 5.69 Å². The number of anilines is 1. The Bertz CT molecular complexity index is 646. The van der Waals surface area contributed by atoms with Gasteiger partial charge in [-0.3, -0.25) is 0 Å². The van der Waals surface area contributed by atoms with Crippen LogP contribution in [0.25, 0.3) is 0 Å². The molecule has 2 aromatic rings. The quantitative estimate of drug-likeness (QED) is 0.820. The first-order valence-corrected chi connectivity index (χ1v) is 6.81. The molecule has 0 saturated carbocycles. The Hall–Kier alpha value is -2.34. The Morgan fingerprint density at radius 1 is 1.15 bits per heavy atom. The Morgan fingerprint density at radius 2 is 1.95 bits per heavy atom. The normalized spacial score (nSPS) is 18.0. The van der Waals surface area contributed by atoms with E-state index in [1.165, 1.54) is 11.6 Å². The van der Waals surface area contributed by atoms with Gasteiger partial charge in [-0.25, -0.2) is 4.39 Å². The van der Waals surface area contributed by atoms with Crippen LogP contribution in [0.15, 0.2) is 48.5 Å². The third-order valence-corrected chi connectivity index (χ3v) is 3.82. The largest absolute Gasteiger partial charge is 0.362 e. The first-order valence-electron chi connectivity index (χ1n) is 6.81. The highest BCUT2D eigenvalue weighted by Crippen LogP contribution is 2.37. The summed E-state index contributed by atoms with van der Waals surface area (Å²) in [6.45, 7) is 0.850. The van der Waals surface area contributed by atoms with Crippen LogP contribution in [-0.4, -0.2) is 6.54 Å². The molecular formula is C17H15FN2. The van der Waals surface area contributed by atoms with Crippen LogP contribution in [0.5, 0.6) is 0 Å². The summed E-state index contributed by atoms with van der Waals surface area (Å²) in [6, 6.07) is 17.1. The molecule has 0 bridgehead atoms. The summed E-state index contributed by atoms with van der Waals surface area (Å²) in [4.78, 5) is 2.10. The monoisotopic (exact) mass is 266 g/mol. The van der Waals surface area contributed by atoms with Gasteiger partial charge in [-0.05, 0) is 36.6 Å². The second-order valence-corrected chi connectivity index (χ2v) is 5.04. The summed E-state index contributed by atoms with van der Waals surface area (Å²) < 4.78 is 14.2. The van der Waals surface area contributed by atoms with E-state index >= 15 is 0 Å². The zero-order valence-electron chi connectivity index (χ0n) is 11.1. The second-order valence-electron chi connectivity index (χ2n) is 5.04. The van der Waals surface area contributed by atoms with E-state index < -0.39 is 0 Å². The number of nitriles is 1. The van der Waals surface area contributed by atoms with E-state index in [1.54, 1.807) is 12.1 Å². The topological polar surface area (TPSA) is 27.0 Å². The maximum Gasteiger partial charge on any atom is 0.147 e. The van der Waals surface area contributed by atoms with Crippen molar-refractivity contribution in [3.8, 4) is 6.07 Å². The van der Waals surface area contributed by atoms with Crippen LogP contribution < -0.4 is 4.90 Å². The van der Waals surface area contributed by atoms with Crippen molar-refractivity contribution < 1.29 is 4.39 Å². The van der Waals surface area contributed by atoms with E-state index in [-0.39, 0.29) is 11.9 Å². The first-order chi connectivity index (χ1) is 9.79. The molecule has 0 spiro atoms. The van der Waals surface area contributed by atoms with Gasteiger partial charge in [-0.15, -0.1) is 0 Å². The van der Waals surface area contributed by atoms with Gasteiger partial charge in [0.2, 0.25) is 0 Å². The number of rotatable bonds is 2. The number of benzene rings is 2. The van der Waals surface area contributed by atoms with Gasteiger partial charge < -0.3 is 4.90 Å². The van der Waals surface area contributed by atoms with Crippen LogP contribution in [0.4, 0.5) is 10.1 Å². The molecule has 1 fully saturated rings. The van der Waals surface area contributed by atoms with Gasteiger partial charge in [0.05, 0.1) is 23.4 Å². The SMILES string of the molecule is N#Cc1ccc(N2CCCC2c2ccccc2)c(F)c1. The molecule has 1 saturated heterocycles. The number of hydrogen-bond acceptors (Lipinski definition) is 2. The van der Waals surface area contributed by atoms with Crippen LogP contribution in [-0.2, 0) is 0 Å². The average molecular weight is 266 g/mol. The summed E-state index contributed by atoms with van der Waals surface area (Å²) in [7, 11) is 0. The minimum absolute atomic E-state index is 0.221. The van der Waals surface area contributed by atoms with E-state index in [9.17, 15) is 4.39 Å². The lowest BCUT2D eigenvalue weighted by molar-refractivity contribution is 0.611. The van der Waals surface area contributed by atoms with Crippen LogP contribution in [0, 0.1) is 17.1 Å². The zero-order valence-corrected chi connectivity index (χ0v) is 11.1. The van der Waals surface area contributed by atoms with Crippen LogP contribution in [0.2, 0.25) is 0 Å². The molecule has 0 aromatic heterocycles. The highest BCUT2D eigenvalue weighted by Gasteiger charge is 2.27. The van der Waals surface area contributed by atoms with Crippen molar-refractivity contribution in [2.45, 2.75) is 18.9 Å². The summed E-state index contributed by atoms with van der Waals surface area (Å²) >= 11 is 0. The van der Waals surface area contributed by atoms with Crippen LogP contribution >= 0.6 is 0 Å². The molecule has 0 radical (unpaired) electrons. The van der Waals surface area contributed by atoms with Crippen molar-refractivity contribution in [1.82, 2.24) is 0 Å². The van der Waals surface area contributed by atoms with Crippen molar-refractivity contribution in [2.75, 3.05) is 11.4 Å². The lowest BCUT2D eigenvalue weighted by Gasteiger charge is -2.27. The van der Waals surface area contributed by atoms with E-state index in [1.807, 2.05) is 24.3 Å². The highest BCUT2D eigenvalue weighted by atomic mass is 19.1. The van der Waals surface area contributed by atoms with Gasteiger partial charge in [0, 0.05) is 6.54 Å². The summed E-state index contributed by atoms with van der Waals surface area (Å²) in [5, 5.41) is 8.82. The molecule has 100 valence electrons. The van der Waals surface area contributed by atoms with E-state index in [0.717, 1.165) is 19.4 Å². The molecule has 3 heteroatoms. The van der Waals surface area contributed by atoms with Gasteiger partial charge in [-0.1, -0.05) is 30.3 Å². The molecule has 0 aliphatic carbocycles. The molecule has 20 heavy (non-hydrogen) atoms. The van der Waals surface area contributed by atoms with E-state index in [4.69, 9.17) is 5.26 Å². The summed E-state index contributed by atoms with van der Waals surface area (Å²) in [5.41, 5.74) is 2.17. The maximum absolute atomic E-state index is 14.2. The Kier molecular flexibility index (Phi) is 3.39. The lowest BCUT2D eigenvalue weighted by Crippen LogP contribution is -2.23. The molecule has 0 amide bonds. The van der Waals surface area contributed by atoms with E-state index in [2.05, 4.69) is 17.0 Å². The maximum atomic E-state index is 14.2. The molecule has 1 atom stereocenters. The predicted octanol–water partition coefficient (Wildman–Crippen LogP) is 4.04. The van der Waals surface area contributed by atoms with Crippen LogP contribution in [0.3, 0.4) is 0 Å². The average Bonchev–Trinajstić information content (AvgIpc) is 2.97. The predicted molar refractivity (Wildman–Crippen MR) is 76.9 cm³/mol. The van der Waals surface area contributed by atoms with Gasteiger partial charge in [0.1, 0.15) is 5.82 Å². The molecule has 1 heterocycles. The van der Waals surface area contributed by atoms with Gasteiger partial charge in [0.25, 0.3) is 0 Å². The summed E-state index contributed by atoms with van der Waals surface area (Å²) in [6.07, 6.45) is 2.09. The van der Waals surface area contributed by atoms with Crippen molar-refractivity contribution in [1.29, 1.82) is 5.26 Å². The Balaban J connectivity index is 1.95. The summed E-state index contributed by atoms with van der Waals surface area (Å²) in [5.74, 6) is -0.313. The number of hydrogen-bond donors (Lipinski definition) is 0. The molecule has 3 rings (SSSR count). The van der Waals surface area contributed by atoms with Gasteiger partial charge in [-0.2, -0.15) is 5.26 Å². The standard InChI is InChI=1S/C17H15FN2/c18-15-11-13(12-19)8-9-17(15)20-10-4-7-16(20)14-5-2-1-3-6-14/h1-3,5-6,8-9,11,16H,4,7,10H2. The van der Waals surface area contributed by atoms with E-state index in [0.29, 0.717) is 11.3 Å². The number of nitrogens with zero attached hydrogens (tertiary/aromatic N) is 2. The molecule has 1 unspecified atom stereocenters. The molecule has 0 N–H and O–H groups in total. The molecule has 2 aromatic carbocycles. The molecule has 2 nitrogen and oxygen atoms in total. The third-order valence-electron chi connectivity index (χ3n) is 3.82. The van der Waals surface area contributed by atoms with Gasteiger partial charge in [0.15, 0.2) is 0 Å². The van der Waals surface area contributed by atoms with Gasteiger partial charge >= 0.3 is 0 Å². The van der Waals surface area contributed by atoms with Crippen molar-refractivity contribution in [3.05, 3.63) is 65.5 Å². The fraction of sp³-hybridized carbons (Fsp3) is 0.235. The minimum Gasteiger partial charge on any atom is -0.362 e. The second kappa shape index (κ2) is 5.34. The number of halogens is 1. The minimum atomic E-state index is -0.313. The third kappa shape index (κ3) is 2.25. The fourth-order valence-corrected chi connectivity index (χ4v) is 2.89. The molecule has 1 aliphatic rings. The smallest absolute Gasteiger partial charge is 0.147 e. The first kappa shape index (κ1) is 12.7. The lowest BCUT2D eigenvalue weighted by atomic mass is 10.0.